The quantitative estimate of drug-likeness (QED) is 0.711. The van der Waals surface area contributed by atoms with Crippen LogP contribution in [-0.4, -0.2) is 41.9 Å². The first kappa shape index (κ1) is 20.3. The normalized spacial score (nSPS) is 19.1. The van der Waals surface area contributed by atoms with Crippen molar-refractivity contribution >= 4 is 17.7 Å². The highest BCUT2D eigenvalue weighted by atomic mass is 16.5. The van der Waals surface area contributed by atoms with Crippen LogP contribution in [0, 0.1) is 0 Å². The van der Waals surface area contributed by atoms with Gasteiger partial charge in [-0.15, -0.1) is 0 Å². The molecular weight excluding hydrogens is 380 g/mol. The molecule has 6 heteroatoms. The van der Waals surface area contributed by atoms with Gasteiger partial charge in [-0.25, -0.2) is 0 Å². The van der Waals surface area contributed by atoms with E-state index in [1.165, 1.54) is 11.0 Å². The number of fused-ring (bicyclic) bond motifs is 1. The van der Waals surface area contributed by atoms with Crippen molar-refractivity contribution in [1.82, 2.24) is 10.2 Å². The number of amides is 3. The molecule has 2 atom stereocenters. The van der Waals surface area contributed by atoms with Gasteiger partial charge in [-0.05, 0) is 43.0 Å². The van der Waals surface area contributed by atoms with Crippen molar-refractivity contribution in [1.29, 1.82) is 0 Å². The Morgan fingerprint density at radius 1 is 1.13 bits per heavy atom. The molecule has 2 aromatic rings. The molecule has 2 heterocycles. The predicted molar refractivity (Wildman–Crippen MR) is 112 cm³/mol. The number of rotatable bonds is 7. The number of imide groups is 1. The van der Waals surface area contributed by atoms with E-state index in [-0.39, 0.29) is 42.0 Å². The van der Waals surface area contributed by atoms with E-state index in [1.807, 2.05) is 30.3 Å². The van der Waals surface area contributed by atoms with E-state index in [4.69, 9.17) is 4.74 Å². The molecule has 3 amide bonds. The van der Waals surface area contributed by atoms with Crippen molar-refractivity contribution in [2.45, 2.75) is 44.8 Å². The minimum Gasteiger partial charge on any atom is -0.376 e. The third-order valence-corrected chi connectivity index (χ3v) is 5.73. The van der Waals surface area contributed by atoms with Crippen molar-refractivity contribution in [2.24, 2.45) is 0 Å². The van der Waals surface area contributed by atoms with Crippen LogP contribution in [0.4, 0.5) is 0 Å². The molecule has 0 spiro atoms. The predicted octanol–water partition coefficient (Wildman–Crippen LogP) is 3.73. The van der Waals surface area contributed by atoms with E-state index in [9.17, 15) is 14.4 Å². The van der Waals surface area contributed by atoms with Gasteiger partial charge in [-0.2, -0.15) is 0 Å². The molecule has 1 saturated heterocycles. The summed E-state index contributed by atoms with van der Waals surface area (Å²) in [6.07, 6.45) is 3.43. The zero-order valence-corrected chi connectivity index (χ0v) is 17.1. The summed E-state index contributed by atoms with van der Waals surface area (Å²) in [4.78, 5) is 39.7. The first-order valence-electron chi connectivity index (χ1n) is 10.6. The lowest BCUT2D eigenvalue weighted by atomic mass is 10.0. The van der Waals surface area contributed by atoms with Crippen LogP contribution in [0.1, 0.15) is 75.3 Å². The van der Waals surface area contributed by atoms with Crippen LogP contribution in [0.25, 0.3) is 0 Å². The maximum atomic E-state index is 12.9. The van der Waals surface area contributed by atoms with Gasteiger partial charge >= 0.3 is 0 Å². The summed E-state index contributed by atoms with van der Waals surface area (Å²) in [6, 6.07) is 14.5. The zero-order chi connectivity index (χ0) is 21.1. The third kappa shape index (κ3) is 4.00. The zero-order valence-electron chi connectivity index (χ0n) is 17.1. The molecule has 30 heavy (non-hydrogen) atoms. The molecule has 1 N–H and O–H groups in total. The van der Waals surface area contributed by atoms with Crippen molar-refractivity contribution < 1.29 is 19.1 Å². The number of ether oxygens (including phenoxy) is 1. The molecule has 0 aliphatic carbocycles. The second kappa shape index (κ2) is 8.79. The molecule has 4 rings (SSSR count). The van der Waals surface area contributed by atoms with E-state index in [1.54, 1.807) is 12.1 Å². The summed E-state index contributed by atoms with van der Waals surface area (Å²) in [6.45, 7) is 3.00. The molecular formula is C24H26N2O4. The van der Waals surface area contributed by atoms with Gasteiger partial charge in [-0.3, -0.25) is 19.3 Å². The van der Waals surface area contributed by atoms with Crippen molar-refractivity contribution in [3.8, 4) is 0 Å². The van der Waals surface area contributed by atoms with Crippen LogP contribution in [0.2, 0.25) is 0 Å². The van der Waals surface area contributed by atoms with Crippen molar-refractivity contribution in [3.63, 3.8) is 0 Å². The Bertz CT molecular complexity index is 951. The van der Waals surface area contributed by atoms with Gasteiger partial charge in [-0.1, -0.05) is 43.7 Å². The van der Waals surface area contributed by atoms with Gasteiger partial charge in [0.1, 0.15) is 0 Å². The second-order valence-electron chi connectivity index (χ2n) is 7.84. The minimum absolute atomic E-state index is 0.101. The molecule has 0 bridgehead atoms. The number of carbonyl (C=O) groups is 3. The Morgan fingerprint density at radius 3 is 2.60 bits per heavy atom. The van der Waals surface area contributed by atoms with Gasteiger partial charge in [0, 0.05) is 12.2 Å². The SMILES string of the molecule is CCCC(NC(=O)c1ccc2c(c1)C(=O)N(CC1CCCO1)C2=O)c1ccccc1. The van der Waals surface area contributed by atoms with Gasteiger partial charge in [0.15, 0.2) is 0 Å². The van der Waals surface area contributed by atoms with Gasteiger partial charge in [0.25, 0.3) is 17.7 Å². The number of nitrogens with one attached hydrogen (secondary N) is 1. The largest absolute Gasteiger partial charge is 0.376 e. The van der Waals surface area contributed by atoms with Gasteiger partial charge in [0.05, 0.1) is 29.8 Å². The first-order chi connectivity index (χ1) is 14.6. The van der Waals surface area contributed by atoms with Gasteiger partial charge < -0.3 is 10.1 Å². The third-order valence-electron chi connectivity index (χ3n) is 5.73. The van der Waals surface area contributed by atoms with Crippen LogP contribution >= 0.6 is 0 Å². The molecule has 156 valence electrons. The molecule has 2 aliphatic rings. The minimum atomic E-state index is -0.353. The summed E-state index contributed by atoms with van der Waals surface area (Å²) in [5.74, 6) is -0.920. The monoisotopic (exact) mass is 406 g/mol. The van der Waals surface area contributed by atoms with E-state index >= 15 is 0 Å². The number of hydrogen-bond donors (Lipinski definition) is 1. The Kier molecular flexibility index (Phi) is 5.95. The average molecular weight is 406 g/mol. The average Bonchev–Trinajstić information content (AvgIpc) is 3.37. The number of benzene rings is 2. The molecule has 0 radical (unpaired) electrons. The van der Waals surface area contributed by atoms with Gasteiger partial charge in [0.2, 0.25) is 0 Å². The maximum absolute atomic E-state index is 12.9. The van der Waals surface area contributed by atoms with E-state index in [2.05, 4.69) is 12.2 Å². The summed E-state index contributed by atoms with van der Waals surface area (Å²) in [7, 11) is 0. The maximum Gasteiger partial charge on any atom is 0.261 e. The molecule has 2 unspecified atom stereocenters. The highest BCUT2D eigenvalue weighted by Gasteiger charge is 2.38. The fourth-order valence-electron chi connectivity index (χ4n) is 4.13. The molecule has 6 nitrogen and oxygen atoms in total. The lowest BCUT2D eigenvalue weighted by molar-refractivity contribution is 0.0475. The summed E-state index contributed by atoms with van der Waals surface area (Å²) >= 11 is 0. The Balaban J connectivity index is 1.51. The molecule has 2 aliphatic heterocycles. The van der Waals surface area contributed by atoms with E-state index in [0.29, 0.717) is 17.7 Å². The van der Waals surface area contributed by atoms with E-state index in [0.717, 1.165) is 31.2 Å². The topological polar surface area (TPSA) is 75.7 Å². The molecule has 0 saturated carbocycles. The number of nitrogens with zero attached hydrogens (tertiary/aromatic N) is 1. The van der Waals surface area contributed by atoms with Crippen LogP contribution in [0.15, 0.2) is 48.5 Å². The van der Waals surface area contributed by atoms with Crippen molar-refractivity contribution in [2.75, 3.05) is 13.2 Å². The first-order valence-corrected chi connectivity index (χ1v) is 10.6. The summed E-state index contributed by atoms with van der Waals surface area (Å²) < 4.78 is 5.57. The van der Waals surface area contributed by atoms with Crippen LogP contribution in [0.5, 0.6) is 0 Å². The standard InChI is InChI=1S/C24H26N2O4/c1-2-7-21(16-8-4-3-5-9-16)25-22(27)17-11-12-19-20(14-17)24(29)26(23(19)28)15-18-10-6-13-30-18/h3-5,8-9,11-12,14,18,21H,2,6-7,10,13,15H2,1H3,(H,25,27). The fraction of sp³-hybridized carbons (Fsp3) is 0.375. The molecule has 1 fully saturated rings. The number of hydrogen-bond acceptors (Lipinski definition) is 4. The summed E-state index contributed by atoms with van der Waals surface area (Å²) in [5.41, 5.74) is 2.06. The smallest absolute Gasteiger partial charge is 0.261 e. The highest BCUT2D eigenvalue weighted by Crippen LogP contribution is 2.27. The Morgan fingerprint density at radius 2 is 1.90 bits per heavy atom. The highest BCUT2D eigenvalue weighted by molar-refractivity contribution is 6.22. The van der Waals surface area contributed by atoms with Crippen LogP contribution < -0.4 is 5.32 Å². The Hall–Kier alpha value is -2.99. The molecule has 0 aromatic heterocycles. The number of carbonyl (C=O) groups excluding carboxylic acids is 3. The van der Waals surface area contributed by atoms with Crippen molar-refractivity contribution in [3.05, 3.63) is 70.8 Å². The lowest BCUT2D eigenvalue weighted by Gasteiger charge is -2.19. The summed E-state index contributed by atoms with van der Waals surface area (Å²) in [5, 5.41) is 3.07. The van der Waals surface area contributed by atoms with Crippen LogP contribution in [0.3, 0.4) is 0 Å². The molecule has 2 aromatic carbocycles. The van der Waals surface area contributed by atoms with Crippen LogP contribution in [-0.2, 0) is 4.74 Å². The lowest BCUT2D eigenvalue weighted by Crippen LogP contribution is -2.36. The second-order valence-corrected chi connectivity index (χ2v) is 7.84. The Labute approximate surface area is 176 Å². The fourth-order valence-corrected chi connectivity index (χ4v) is 4.13. The van der Waals surface area contributed by atoms with E-state index < -0.39 is 0 Å².